The Labute approximate surface area is 148 Å². The average molecular weight is 346 g/mol. The SMILES string of the molecule is COc1ccc(NC(=O)C(=O)N2CCCC[C@H](N3CCCC3)C2)cn1. The van der Waals surface area contributed by atoms with Crippen molar-refractivity contribution in [3.8, 4) is 5.88 Å². The Bertz CT molecular complexity index is 599. The maximum absolute atomic E-state index is 12.6. The predicted octanol–water partition coefficient (Wildman–Crippen LogP) is 1.51. The summed E-state index contributed by atoms with van der Waals surface area (Å²) >= 11 is 0. The van der Waals surface area contributed by atoms with Gasteiger partial charge in [-0.2, -0.15) is 0 Å². The molecule has 2 aliphatic rings. The molecular weight excluding hydrogens is 320 g/mol. The third kappa shape index (κ3) is 4.48. The highest BCUT2D eigenvalue weighted by molar-refractivity contribution is 6.39. The van der Waals surface area contributed by atoms with Crippen LogP contribution >= 0.6 is 0 Å². The van der Waals surface area contributed by atoms with Crippen LogP contribution in [0.25, 0.3) is 0 Å². The normalized spacial score (nSPS) is 21.6. The van der Waals surface area contributed by atoms with E-state index in [9.17, 15) is 9.59 Å². The van der Waals surface area contributed by atoms with Crippen molar-refractivity contribution in [1.29, 1.82) is 0 Å². The Kier molecular flexibility index (Phi) is 5.86. The first-order valence-electron chi connectivity index (χ1n) is 9.01. The van der Waals surface area contributed by atoms with Crippen LogP contribution in [0.1, 0.15) is 32.1 Å². The van der Waals surface area contributed by atoms with Crippen molar-refractivity contribution in [3.05, 3.63) is 18.3 Å². The summed E-state index contributed by atoms with van der Waals surface area (Å²) in [5.41, 5.74) is 0.491. The molecule has 1 aromatic heterocycles. The second-order valence-electron chi connectivity index (χ2n) is 6.69. The Hall–Kier alpha value is -2.15. The average Bonchev–Trinajstić information content (AvgIpc) is 3.06. The Balaban J connectivity index is 1.60. The predicted molar refractivity (Wildman–Crippen MR) is 94.4 cm³/mol. The summed E-state index contributed by atoms with van der Waals surface area (Å²) in [6.07, 6.45) is 7.11. The lowest BCUT2D eigenvalue weighted by atomic mass is 10.1. The molecule has 25 heavy (non-hydrogen) atoms. The van der Waals surface area contributed by atoms with E-state index in [4.69, 9.17) is 4.74 Å². The molecule has 0 saturated carbocycles. The number of ether oxygens (including phenoxy) is 1. The van der Waals surface area contributed by atoms with Gasteiger partial charge in [-0.25, -0.2) is 4.98 Å². The standard InChI is InChI=1S/C18H26N4O3/c1-25-16-8-7-14(12-19-16)20-17(23)18(24)22-11-3-2-6-15(13-22)21-9-4-5-10-21/h7-8,12,15H,2-6,9-11,13H2,1H3,(H,20,23)/t15-/m0/s1. The molecule has 2 aliphatic heterocycles. The van der Waals surface area contributed by atoms with Gasteiger partial charge in [0.1, 0.15) is 0 Å². The summed E-state index contributed by atoms with van der Waals surface area (Å²) in [5, 5.41) is 2.63. The monoisotopic (exact) mass is 346 g/mol. The third-order valence-corrected chi connectivity index (χ3v) is 4.99. The Morgan fingerprint density at radius 1 is 1.16 bits per heavy atom. The minimum Gasteiger partial charge on any atom is -0.481 e. The smallest absolute Gasteiger partial charge is 0.313 e. The van der Waals surface area contributed by atoms with E-state index in [2.05, 4.69) is 15.2 Å². The molecule has 136 valence electrons. The Morgan fingerprint density at radius 3 is 2.60 bits per heavy atom. The van der Waals surface area contributed by atoms with Crippen molar-refractivity contribution < 1.29 is 14.3 Å². The summed E-state index contributed by atoms with van der Waals surface area (Å²) in [7, 11) is 1.53. The van der Waals surface area contributed by atoms with Crippen molar-refractivity contribution in [2.45, 2.75) is 38.1 Å². The van der Waals surface area contributed by atoms with Crippen molar-refractivity contribution in [2.75, 3.05) is 38.6 Å². The summed E-state index contributed by atoms with van der Waals surface area (Å²) in [5.74, 6) is -0.596. The first-order chi connectivity index (χ1) is 12.2. The number of nitrogens with one attached hydrogen (secondary N) is 1. The van der Waals surface area contributed by atoms with Gasteiger partial charge in [0.2, 0.25) is 5.88 Å². The molecule has 0 aromatic carbocycles. The second-order valence-corrected chi connectivity index (χ2v) is 6.69. The first kappa shape index (κ1) is 17.7. The molecule has 0 unspecified atom stereocenters. The molecule has 1 N–H and O–H groups in total. The summed E-state index contributed by atoms with van der Waals surface area (Å²) in [6.45, 7) is 3.51. The van der Waals surface area contributed by atoms with Gasteiger partial charge in [-0.1, -0.05) is 6.42 Å². The van der Waals surface area contributed by atoms with Crippen LogP contribution in [0.3, 0.4) is 0 Å². The van der Waals surface area contributed by atoms with Gasteiger partial charge in [0.15, 0.2) is 0 Å². The van der Waals surface area contributed by atoms with Crippen LogP contribution in [0.15, 0.2) is 18.3 Å². The maximum Gasteiger partial charge on any atom is 0.313 e. The van der Waals surface area contributed by atoms with Crippen LogP contribution in [0.5, 0.6) is 5.88 Å². The quantitative estimate of drug-likeness (QED) is 0.840. The van der Waals surface area contributed by atoms with E-state index in [-0.39, 0.29) is 0 Å². The fourth-order valence-corrected chi connectivity index (χ4v) is 3.61. The number of carbonyl (C=O) groups is 2. The zero-order valence-electron chi connectivity index (χ0n) is 14.7. The molecule has 0 spiro atoms. The van der Waals surface area contributed by atoms with E-state index in [0.29, 0.717) is 30.7 Å². The molecule has 3 heterocycles. The number of anilines is 1. The van der Waals surface area contributed by atoms with Crippen LogP contribution in [-0.4, -0.2) is 65.9 Å². The second kappa shape index (κ2) is 8.29. The lowest BCUT2D eigenvalue weighted by molar-refractivity contribution is -0.143. The van der Waals surface area contributed by atoms with Gasteiger partial charge < -0.3 is 15.0 Å². The van der Waals surface area contributed by atoms with E-state index in [1.54, 1.807) is 17.0 Å². The summed E-state index contributed by atoms with van der Waals surface area (Å²) in [4.78, 5) is 33.1. The van der Waals surface area contributed by atoms with Crippen molar-refractivity contribution in [2.24, 2.45) is 0 Å². The highest BCUT2D eigenvalue weighted by Crippen LogP contribution is 2.20. The topological polar surface area (TPSA) is 74.8 Å². The fourth-order valence-electron chi connectivity index (χ4n) is 3.61. The van der Waals surface area contributed by atoms with Crippen LogP contribution in [0.2, 0.25) is 0 Å². The van der Waals surface area contributed by atoms with Crippen LogP contribution in [0, 0.1) is 0 Å². The molecule has 2 fully saturated rings. The Morgan fingerprint density at radius 2 is 1.92 bits per heavy atom. The molecule has 1 aromatic rings. The number of hydrogen-bond donors (Lipinski definition) is 1. The van der Waals surface area contributed by atoms with E-state index < -0.39 is 11.8 Å². The molecule has 0 bridgehead atoms. The number of carbonyl (C=O) groups excluding carboxylic acids is 2. The zero-order chi connectivity index (χ0) is 17.6. The van der Waals surface area contributed by atoms with Crippen molar-refractivity contribution >= 4 is 17.5 Å². The number of likely N-dealkylation sites (tertiary alicyclic amines) is 2. The van der Waals surface area contributed by atoms with Gasteiger partial charge >= 0.3 is 11.8 Å². The molecule has 2 saturated heterocycles. The number of aromatic nitrogens is 1. The van der Waals surface area contributed by atoms with E-state index in [1.807, 2.05) is 0 Å². The molecule has 7 heteroatoms. The van der Waals surface area contributed by atoms with Gasteiger partial charge in [-0.05, 0) is 44.8 Å². The van der Waals surface area contributed by atoms with E-state index in [0.717, 1.165) is 32.4 Å². The number of methoxy groups -OCH3 is 1. The molecule has 0 radical (unpaired) electrons. The first-order valence-corrected chi connectivity index (χ1v) is 9.01. The van der Waals surface area contributed by atoms with Gasteiger partial charge in [0.25, 0.3) is 0 Å². The zero-order valence-corrected chi connectivity index (χ0v) is 14.7. The third-order valence-electron chi connectivity index (χ3n) is 4.99. The van der Waals surface area contributed by atoms with E-state index >= 15 is 0 Å². The number of pyridine rings is 1. The molecule has 3 rings (SSSR count). The van der Waals surface area contributed by atoms with Crippen LogP contribution in [-0.2, 0) is 9.59 Å². The molecule has 1 atom stereocenters. The molecule has 7 nitrogen and oxygen atoms in total. The summed E-state index contributed by atoms with van der Waals surface area (Å²) < 4.78 is 4.99. The lowest BCUT2D eigenvalue weighted by Crippen LogP contribution is -2.47. The molecule has 2 amide bonds. The van der Waals surface area contributed by atoms with Gasteiger partial charge in [0.05, 0.1) is 19.0 Å². The van der Waals surface area contributed by atoms with Crippen LogP contribution < -0.4 is 10.1 Å². The maximum atomic E-state index is 12.6. The largest absolute Gasteiger partial charge is 0.481 e. The van der Waals surface area contributed by atoms with Crippen molar-refractivity contribution in [1.82, 2.24) is 14.8 Å². The summed E-state index contributed by atoms with van der Waals surface area (Å²) in [6, 6.07) is 3.70. The fraction of sp³-hybridized carbons (Fsp3) is 0.611. The van der Waals surface area contributed by atoms with Crippen molar-refractivity contribution in [3.63, 3.8) is 0 Å². The highest BCUT2D eigenvalue weighted by Gasteiger charge is 2.30. The minimum absolute atomic E-state index is 0.379. The molecule has 0 aliphatic carbocycles. The van der Waals surface area contributed by atoms with Crippen LogP contribution in [0.4, 0.5) is 5.69 Å². The number of amides is 2. The number of nitrogens with zero attached hydrogens (tertiary/aromatic N) is 3. The van der Waals surface area contributed by atoms with Gasteiger partial charge in [-0.15, -0.1) is 0 Å². The highest BCUT2D eigenvalue weighted by atomic mass is 16.5. The number of hydrogen-bond acceptors (Lipinski definition) is 5. The van der Waals surface area contributed by atoms with Gasteiger partial charge in [0, 0.05) is 25.2 Å². The lowest BCUT2D eigenvalue weighted by Gasteiger charge is -2.30. The van der Waals surface area contributed by atoms with E-state index in [1.165, 1.54) is 26.1 Å². The molecular formula is C18H26N4O3. The van der Waals surface area contributed by atoms with Gasteiger partial charge in [-0.3, -0.25) is 14.5 Å². The minimum atomic E-state index is -0.603. The number of rotatable bonds is 3.